The molecule has 164 valence electrons. The molecule has 10 heteroatoms. The monoisotopic (exact) mass is 444 g/mol. The zero-order valence-electron chi connectivity index (χ0n) is 17.9. The molecule has 0 amide bonds. The molecule has 3 aromatic rings. The van der Waals surface area contributed by atoms with E-state index in [-0.39, 0.29) is 10.9 Å². The molecule has 0 saturated heterocycles. The summed E-state index contributed by atoms with van der Waals surface area (Å²) in [5.41, 5.74) is 3.21. The maximum Gasteiger partial charge on any atom is 0.241 e. The smallest absolute Gasteiger partial charge is 0.241 e. The standard InChI is InChI=1S/C21H24N4O5S/c1-12-9-22-17(14(3)19(12)30-5)11-31(28)21-24-16-8-15(29-4)6-7-18(16)25(21)20(26)13(2)10-23-27/h6-10,13,27H,11H2,1-5H3. The molecule has 0 spiro atoms. The molecule has 2 unspecified atom stereocenters. The van der Waals surface area contributed by atoms with Crippen molar-refractivity contribution < 1.29 is 23.7 Å². The van der Waals surface area contributed by atoms with Crippen molar-refractivity contribution in [1.82, 2.24) is 14.5 Å². The van der Waals surface area contributed by atoms with Crippen LogP contribution in [0.2, 0.25) is 0 Å². The molecule has 0 aliphatic rings. The predicted molar refractivity (Wildman–Crippen MR) is 117 cm³/mol. The first-order chi connectivity index (χ1) is 14.8. The average Bonchev–Trinajstić information content (AvgIpc) is 3.14. The summed E-state index contributed by atoms with van der Waals surface area (Å²) in [7, 11) is 1.41. The van der Waals surface area contributed by atoms with Crippen LogP contribution in [0.1, 0.15) is 28.5 Å². The second-order valence-corrected chi connectivity index (χ2v) is 8.36. The van der Waals surface area contributed by atoms with Gasteiger partial charge >= 0.3 is 0 Å². The lowest BCUT2D eigenvalue weighted by molar-refractivity contribution is 0.0874. The summed E-state index contributed by atoms with van der Waals surface area (Å²) in [5.74, 6) is 0.134. The highest BCUT2D eigenvalue weighted by Gasteiger charge is 2.26. The number of aromatic nitrogens is 3. The molecular weight excluding hydrogens is 420 g/mol. The van der Waals surface area contributed by atoms with Gasteiger partial charge in [-0.25, -0.2) is 4.98 Å². The average molecular weight is 445 g/mol. The maximum absolute atomic E-state index is 13.4. The van der Waals surface area contributed by atoms with Crippen molar-refractivity contribution >= 4 is 34.0 Å². The normalized spacial score (nSPS) is 13.5. The van der Waals surface area contributed by atoms with E-state index in [0.29, 0.717) is 28.2 Å². The van der Waals surface area contributed by atoms with Gasteiger partial charge in [0.05, 0.1) is 59.6 Å². The fourth-order valence-corrected chi connectivity index (χ4v) is 4.56. The van der Waals surface area contributed by atoms with Gasteiger partial charge in [0.25, 0.3) is 0 Å². The number of carbonyl (C=O) groups is 1. The summed E-state index contributed by atoms with van der Waals surface area (Å²) >= 11 is 0. The molecule has 1 N–H and O–H groups in total. The molecule has 0 radical (unpaired) electrons. The number of carbonyl (C=O) groups excluding carboxylic acids is 1. The number of hydrogen-bond donors (Lipinski definition) is 1. The summed E-state index contributed by atoms with van der Waals surface area (Å²) in [5, 5.41) is 11.9. The van der Waals surface area contributed by atoms with Gasteiger partial charge in [-0.3, -0.25) is 18.6 Å². The molecular formula is C21H24N4O5S. The van der Waals surface area contributed by atoms with Crippen molar-refractivity contribution in [3.8, 4) is 11.5 Å². The molecule has 2 atom stereocenters. The third kappa shape index (κ3) is 4.29. The number of rotatable bonds is 7. The lowest BCUT2D eigenvalue weighted by Gasteiger charge is -2.13. The second-order valence-electron chi connectivity index (χ2n) is 7.01. The lowest BCUT2D eigenvalue weighted by Crippen LogP contribution is -2.23. The Morgan fingerprint density at radius 2 is 2.06 bits per heavy atom. The van der Waals surface area contributed by atoms with Crippen LogP contribution in [0.4, 0.5) is 0 Å². The highest BCUT2D eigenvalue weighted by Crippen LogP contribution is 2.28. The van der Waals surface area contributed by atoms with E-state index in [1.807, 2.05) is 13.8 Å². The minimum absolute atomic E-state index is 0.0542. The zero-order valence-corrected chi connectivity index (χ0v) is 18.8. The van der Waals surface area contributed by atoms with E-state index in [0.717, 1.165) is 17.3 Å². The van der Waals surface area contributed by atoms with Gasteiger partial charge in [-0.2, -0.15) is 0 Å². The van der Waals surface area contributed by atoms with E-state index < -0.39 is 22.6 Å². The zero-order chi connectivity index (χ0) is 22.7. The van der Waals surface area contributed by atoms with Crippen molar-refractivity contribution in [2.75, 3.05) is 14.2 Å². The topological polar surface area (TPSA) is 116 Å². The fraction of sp³-hybridized carbons (Fsp3) is 0.333. The van der Waals surface area contributed by atoms with Gasteiger partial charge < -0.3 is 14.7 Å². The van der Waals surface area contributed by atoms with Crippen LogP contribution in [-0.4, -0.2) is 50.3 Å². The minimum Gasteiger partial charge on any atom is -0.497 e. The number of methoxy groups -OCH3 is 2. The van der Waals surface area contributed by atoms with E-state index in [1.54, 1.807) is 38.4 Å². The van der Waals surface area contributed by atoms with Crippen LogP contribution in [0.3, 0.4) is 0 Å². The molecule has 0 fully saturated rings. The van der Waals surface area contributed by atoms with Crippen molar-refractivity contribution in [2.45, 2.75) is 31.7 Å². The SMILES string of the molecule is COc1ccc2c(c1)nc(S(=O)Cc1ncc(C)c(OC)c1C)n2C(=O)C(C)C=NO. The van der Waals surface area contributed by atoms with Gasteiger partial charge in [0, 0.05) is 23.4 Å². The third-order valence-electron chi connectivity index (χ3n) is 4.95. The van der Waals surface area contributed by atoms with Crippen molar-refractivity contribution in [1.29, 1.82) is 0 Å². The van der Waals surface area contributed by atoms with Crippen LogP contribution in [0.25, 0.3) is 11.0 Å². The summed E-state index contributed by atoms with van der Waals surface area (Å²) in [6.07, 6.45) is 2.78. The number of aryl methyl sites for hydroxylation is 1. The van der Waals surface area contributed by atoms with Crippen molar-refractivity contribution in [3.05, 3.63) is 41.2 Å². The Hall–Kier alpha value is -3.27. The Morgan fingerprint density at radius 3 is 2.71 bits per heavy atom. The Balaban J connectivity index is 2.11. The Bertz CT molecular complexity index is 1190. The largest absolute Gasteiger partial charge is 0.497 e. The molecule has 3 rings (SSSR count). The first-order valence-corrected chi connectivity index (χ1v) is 10.8. The van der Waals surface area contributed by atoms with Crippen LogP contribution in [0, 0.1) is 19.8 Å². The first-order valence-electron chi connectivity index (χ1n) is 9.48. The van der Waals surface area contributed by atoms with Crippen LogP contribution < -0.4 is 9.47 Å². The Morgan fingerprint density at radius 1 is 1.32 bits per heavy atom. The Labute approximate surface area is 182 Å². The number of imidazole rings is 1. The van der Waals surface area contributed by atoms with Gasteiger partial charge in [0.1, 0.15) is 11.5 Å². The third-order valence-corrected chi connectivity index (χ3v) is 6.17. The van der Waals surface area contributed by atoms with Crippen molar-refractivity contribution in [2.24, 2.45) is 11.1 Å². The minimum atomic E-state index is -1.69. The van der Waals surface area contributed by atoms with Gasteiger partial charge in [-0.05, 0) is 32.9 Å². The van der Waals surface area contributed by atoms with Crippen LogP contribution in [0.15, 0.2) is 34.7 Å². The molecule has 0 saturated carbocycles. The quantitative estimate of drug-likeness (QED) is 0.338. The highest BCUT2D eigenvalue weighted by atomic mass is 32.2. The molecule has 2 aromatic heterocycles. The van der Waals surface area contributed by atoms with Crippen LogP contribution >= 0.6 is 0 Å². The predicted octanol–water partition coefficient (Wildman–Crippen LogP) is 3.11. The van der Waals surface area contributed by atoms with E-state index in [4.69, 9.17) is 14.7 Å². The summed E-state index contributed by atoms with van der Waals surface area (Å²) in [6, 6.07) is 5.05. The molecule has 0 aliphatic heterocycles. The first kappa shape index (κ1) is 22.4. The lowest BCUT2D eigenvalue weighted by atomic mass is 10.1. The molecule has 9 nitrogen and oxygen atoms in total. The molecule has 1 aromatic carbocycles. The number of benzene rings is 1. The Kier molecular flexibility index (Phi) is 6.69. The molecule has 0 aliphatic carbocycles. The van der Waals surface area contributed by atoms with E-state index in [9.17, 15) is 9.00 Å². The maximum atomic E-state index is 13.4. The van der Waals surface area contributed by atoms with Gasteiger partial charge in [-0.15, -0.1) is 5.16 Å². The summed E-state index contributed by atoms with van der Waals surface area (Å²) in [4.78, 5) is 21.9. The summed E-state index contributed by atoms with van der Waals surface area (Å²) < 4.78 is 25.3. The van der Waals surface area contributed by atoms with Gasteiger partial charge in [0.15, 0.2) is 0 Å². The number of fused-ring (bicyclic) bond motifs is 1. The number of hydrogen-bond acceptors (Lipinski definition) is 8. The second kappa shape index (κ2) is 9.25. The fourth-order valence-electron chi connectivity index (χ4n) is 3.30. The molecule has 0 bridgehead atoms. The summed E-state index contributed by atoms with van der Waals surface area (Å²) in [6.45, 7) is 5.32. The van der Waals surface area contributed by atoms with Gasteiger partial charge in [0.2, 0.25) is 11.1 Å². The van der Waals surface area contributed by atoms with Crippen LogP contribution in [0.5, 0.6) is 11.5 Å². The highest BCUT2D eigenvalue weighted by molar-refractivity contribution is 7.84. The van der Waals surface area contributed by atoms with Crippen molar-refractivity contribution in [3.63, 3.8) is 0 Å². The number of nitrogens with zero attached hydrogens (tertiary/aromatic N) is 4. The van der Waals surface area contributed by atoms with Gasteiger partial charge in [-0.1, -0.05) is 0 Å². The molecule has 2 heterocycles. The number of oxime groups is 1. The van der Waals surface area contributed by atoms with E-state index in [1.165, 1.54) is 11.7 Å². The number of pyridine rings is 1. The van der Waals surface area contributed by atoms with E-state index in [2.05, 4.69) is 15.1 Å². The number of ether oxygens (including phenoxy) is 2. The van der Waals surface area contributed by atoms with Crippen LogP contribution in [-0.2, 0) is 16.6 Å². The molecule has 31 heavy (non-hydrogen) atoms. The van der Waals surface area contributed by atoms with E-state index >= 15 is 0 Å².